The fourth-order valence-electron chi connectivity index (χ4n) is 2.87. The van der Waals surface area contributed by atoms with E-state index in [1.165, 1.54) is 35.2 Å². The van der Waals surface area contributed by atoms with Crippen LogP contribution in [0.4, 0.5) is 5.69 Å². The van der Waals surface area contributed by atoms with Crippen LogP contribution >= 0.6 is 11.6 Å². The number of nitrogens with one attached hydrogen (secondary N) is 1. The zero-order valence-electron chi connectivity index (χ0n) is 12.0. The normalized spacial score (nSPS) is 21.4. The van der Waals surface area contributed by atoms with Crippen LogP contribution in [0.2, 0.25) is 5.02 Å². The molecule has 1 nitrogen and oxygen atoms in total. The van der Waals surface area contributed by atoms with E-state index >= 15 is 0 Å². The van der Waals surface area contributed by atoms with Gasteiger partial charge in [0.25, 0.3) is 0 Å². The summed E-state index contributed by atoms with van der Waals surface area (Å²) in [6.07, 6.45) is 2.41. The second-order valence-electron chi connectivity index (χ2n) is 5.81. The van der Waals surface area contributed by atoms with Crippen LogP contribution in [0, 0.1) is 13.8 Å². The molecule has 0 unspecified atom stereocenters. The third-order valence-electron chi connectivity index (χ3n) is 4.44. The summed E-state index contributed by atoms with van der Waals surface area (Å²) in [5.74, 6) is 0.676. The summed E-state index contributed by atoms with van der Waals surface area (Å²) < 4.78 is 0. The molecule has 0 spiro atoms. The van der Waals surface area contributed by atoms with Crippen molar-refractivity contribution in [2.45, 2.75) is 38.6 Å². The minimum absolute atomic E-state index is 0.594. The SMILES string of the molecule is Cc1cccc(NC2CC(c3ccc(Cl)cc3)C2)c1C. The Morgan fingerprint density at radius 1 is 1.00 bits per heavy atom. The highest BCUT2D eigenvalue weighted by molar-refractivity contribution is 6.30. The van der Waals surface area contributed by atoms with Gasteiger partial charge in [-0.2, -0.15) is 0 Å². The number of hydrogen-bond donors (Lipinski definition) is 1. The smallest absolute Gasteiger partial charge is 0.0406 e. The van der Waals surface area contributed by atoms with E-state index in [1.54, 1.807) is 0 Å². The third kappa shape index (κ3) is 2.69. The van der Waals surface area contributed by atoms with E-state index < -0.39 is 0 Å². The highest BCUT2D eigenvalue weighted by Crippen LogP contribution is 2.39. The first kappa shape index (κ1) is 13.5. The van der Waals surface area contributed by atoms with Crippen molar-refractivity contribution in [2.75, 3.05) is 5.32 Å². The molecule has 2 heteroatoms. The van der Waals surface area contributed by atoms with Gasteiger partial charge in [-0.25, -0.2) is 0 Å². The first-order valence-corrected chi connectivity index (χ1v) is 7.59. The standard InChI is InChI=1S/C18H20ClN/c1-12-4-3-5-18(13(12)2)20-17-10-15(11-17)14-6-8-16(19)9-7-14/h3-9,15,17,20H,10-11H2,1-2H3. The summed E-state index contributed by atoms with van der Waals surface area (Å²) in [5.41, 5.74) is 5.41. The maximum atomic E-state index is 5.93. The van der Waals surface area contributed by atoms with Crippen LogP contribution in [-0.4, -0.2) is 6.04 Å². The van der Waals surface area contributed by atoms with Gasteiger partial charge in [0.1, 0.15) is 0 Å². The predicted octanol–water partition coefficient (Wildman–Crippen LogP) is 5.31. The molecule has 1 fully saturated rings. The molecule has 0 amide bonds. The largest absolute Gasteiger partial charge is 0.382 e. The predicted molar refractivity (Wildman–Crippen MR) is 86.8 cm³/mol. The van der Waals surface area contributed by atoms with E-state index in [1.807, 2.05) is 12.1 Å². The summed E-state index contributed by atoms with van der Waals surface area (Å²) in [7, 11) is 0. The van der Waals surface area contributed by atoms with Gasteiger partial charge in [-0.3, -0.25) is 0 Å². The Balaban J connectivity index is 1.61. The van der Waals surface area contributed by atoms with E-state index in [0.29, 0.717) is 12.0 Å². The lowest BCUT2D eigenvalue weighted by atomic mass is 9.75. The Morgan fingerprint density at radius 2 is 1.70 bits per heavy atom. The Hall–Kier alpha value is -1.47. The molecule has 2 aromatic carbocycles. The summed E-state index contributed by atoms with van der Waals surface area (Å²) >= 11 is 5.93. The van der Waals surface area contributed by atoms with Crippen LogP contribution in [0.25, 0.3) is 0 Å². The molecule has 1 aliphatic carbocycles. The van der Waals surface area contributed by atoms with Crippen molar-refractivity contribution in [1.82, 2.24) is 0 Å². The minimum atomic E-state index is 0.594. The maximum absolute atomic E-state index is 5.93. The second kappa shape index (κ2) is 5.49. The molecule has 0 aliphatic heterocycles. The van der Waals surface area contributed by atoms with E-state index in [-0.39, 0.29) is 0 Å². The van der Waals surface area contributed by atoms with E-state index in [0.717, 1.165) is 5.02 Å². The molecule has 0 bridgehead atoms. The van der Waals surface area contributed by atoms with Gasteiger partial charge in [-0.1, -0.05) is 35.9 Å². The van der Waals surface area contributed by atoms with Crippen molar-refractivity contribution in [3.8, 4) is 0 Å². The summed E-state index contributed by atoms with van der Waals surface area (Å²) in [6.45, 7) is 4.35. The number of anilines is 1. The zero-order valence-corrected chi connectivity index (χ0v) is 12.7. The van der Waals surface area contributed by atoms with Crippen LogP contribution in [-0.2, 0) is 0 Å². The van der Waals surface area contributed by atoms with Crippen molar-refractivity contribution in [3.63, 3.8) is 0 Å². The molecule has 104 valence electrons. The first-order chi connectivity index (χ1) is 9.63. The lowest BCUT2D eigenvalue weighted by molar-refractivity contribution is 0.374. The van der Waals surface area contributed by atoms with Gasteiger partial charge in [0.2, 0.25) is 0 Å². The molecule has 1 saturated carbocycles. The lowest BCUT2D eigenvalue weighted by Crippen LogP contribution is -2.34. The summed E-state index contributed by atoms with van der Waals surface area (Å²) in [6, 6.07) is 15.3. The molecule has 0 heterocycles. The molecule has 3 rings (SSSR count). The van der Waals surface area contributed by atoms with Crippen molar-refractivity contribution < 1.29 is 0 Å². The molecule has 2 aromatic rings. The van der Waals surface area contributed by atoms with Crippen molar-refractivity contribution in [1.29, 1.82) is 0 Å². The summed E-state index contributed by atoms with van der Waals surface area (Å²) in [4.78, 5) is 0. The lowest BCUT2D eigenvalue weighted by Gasteiger charge is -2.37. The zero-order chi connectivity index (χ0) is 14.1. The Morgan fingerprint density at radius 3 is 2.40 bits per heavy atom. The topological polar surface area (TPSA) is 12.0 Å². The van der Waals surface area contributed by atoms with Gasteiger partial charge in [0.15, 0.2) is 0 Å². The van der Waals surface area contributed by atoms with Crippen LogP contribution in [0.5, 0.6) is 0 Å². The van der Waals surface area contributed by atoms with Crippen LogP contribution in [0.3, 0.4) is 0 Å². The van der Waals surface area contributed by atoms with Crippen LogP contribution in [0.1, 0.15) is 35.4 Å². The molecule has 0 atom stereocenters. The van der Waals surface area contributed by atoms with Crippen molar-refractivity contribution in [3.05, 3.63) is 64.2 Å². The molecule has 0 saturated heterocycles. The van der Waals surface area contributed by atoms with Crippen LogP contribution in [0.15, 0.2) is 42.5 Å². The Kier molecular flexibility index (Phi) is 3.71. The van der Waals surface area contributed by atoms with Gasteiger partial charge >= 0.3 is 0 Å². The number of rotatable bonds is 3. The molecule has 1 aliphatic rings. The Bertz CT molecular complexity index is 597. The average molecular weight is 286 g/mol. The highest BCUT2D eigenvalue weighted by Gasteiger charge is 2.30. The molecule has 1 N–H and O–H groups in total. The quantitative estimate of drug-likeness (QED) is 0.805. The number of aryl methyl sites for hydroxylation is 1. The number of benzene rings is 2. The van der Waals surface area contributed by atoms with Crippen LogP contribution < -0.4 is 5.32 Å². The first-order valence-electron chi connectivity index (χ1n) is 7.21. The third-order valence-corrected chi connectivity index (χ3v) is 4.70. The fourth-order valence-corrected chi connectivity index (χ4v) is 3.00. The highest BCUT2D eigenvalue weighted by atomic mass is 35.5. The van der Waals surface area contributed by atoms with Crippen molar-refractivity contribution >= 4 is 17.3 Å². The van der Waals surface area contributed by atoms with Gasteiger partial charge in [-0.05, 0) is 67.5 Å². The van der Waals surface area contributed by atoms with E-state index in [4.69, 9.17) is 11.6 Å². The average Bonchev–Trinajstić information content (AvgIpc) is 2.39. The molecule has 0 radical (unpaired) electrons. The maximum Gasteiger partial charge on any atom is 0.0406 e. The Labute approximate surface area is 126 Å². The molecular formula is C18H20ClN. The van der Waals surface area contributed by atoms with E-state index in [2.05, 4.69) is 49.5 Å². The number of halogens is 1. The van der Waals surface area contributed by atoms with Gasteiger partial charge in [-0.15, -0.1) is 0 Å². The molecular weight excluding hydrogens is 266 g/mol. The monoisotopic (exact) mass is 285 g/mol. The molecule has 0 aromatic heterocycles. The minimum Gasteiger partial charge on any atom is -0.382 e. The van der Waals surface area contributed by atoms with Crippen molar-refractivity contribution in [2.24, 2.45) is 0 Å². The van der Waals surface area contributed by atoms with Gasteiger partial charge in [0.05, 0.1) is 0 Å². The van der Waals surface area contributed by atoms with E-state index in [9.17, 15) is 0 Å². The van der Waals surface area contributed by atoms with Gasteiger partial charge in [0, 0.05) is 16.8 Å². The number of hydrogen-bond acceptors (Lipinski definition) is 1. The van der Waals surface area contributed by atoms with Gasteiger partial charge < -0.3 is 5.32 Å². The molecule has 20 heavy (non-hydrogen) atoms. The fraction of sp³-hybridized carbons (Fsp3) is 0.333. The second-order valence-corrected chi connectivity index (χ2v) is 6.25. The summed E-state index contributed by atoms with van der Waals surface area (Å²) in [5, 5.41) is 4.49.